The fourth-order valence-corrected chi connectivity index (χ4v) is 2.59. The second-order valence-electron chi connectivity index (χ2n) is 5.12. The number of para-hydroxylation sites is 1. The quantitative estimate of drug-likeness (QED) is 0.772. The molecule has 2 aromatic carbocycles. The van der Waals surface area contributed by atoms with E-state index in [1.807, 2.05) is 6.92 Å². The average Bonchev–Trinajstić information content (AvgIpc) is 2.59. The molecule has 0 spiro atoms. The molecule has 2 N–H and O–H groups in total. The zero-order chi connectivity index (χ0) is 18.2. The summed E-state index contributed by atoms with van der Waals surface area (Å²) in [5, 5.41) is 6.27. The summed E-state index contributed by atoms with van der Waals surface area (Å²) in [5.41, 5.74) is 1.13. The van der Waals surface area contributed by atoms with Gasteiger partial charge >= 0.3 is 0 Å². The lowest BCUT2D eigenvalue weighted by Crippen LogP contribution is -2.36. The summed E-state index contributed by atoms with van der Waals surface area (Å²) in [7, 11) is 0. The number of halogens is 2. The Morgan fingerprint density at radius 2 is 1.84 bits per heavy atom. The van der Waals surface area contributed by atoms with E-state index in [1.165, 1.54) is 0 Å². The number of hydrogen-bond acceptors (Lipinski definition) is 3. The lowest BCUT2D eigenvalue weighted by Gasteiger charge is -2.11. The molecule has 0 radical (unpaired) electrons. The number of nitrogens with one attached hydrogen (secondary N) is 2. The van der Waals surface area contributed by atoms with Crippen LogP contribution >= 0.6 is 23.2 Å². The molecule has 0 saturated carbocycles. The highest BCUT2D eigenvalue weighted by Crippen LogP contribution is 2.20. The fourth-order valence-electron chi connectivity index (χ4n) is 2.11. The molecule has 2 aromatic rings. The Morgan fingerprint density at radius 1 is 1.08 bits per heavy atom. The van der Waals surface area contributed by atoms with Crippen molar-refractivity contribution in [1.29, 1.82) is 0 Å². The van der Waals surface area contributed by atoms with Gasteiger partial charge in [0.25, 0.3) is 5.91 Å². The lowest BCUT2D eigenvalue weighted by molar-refractivity contribution is -0.120. The summed E-state index contributed by atoms with van der Waals surface area (Å²) < 4.78 is 5.41. The molecule has 0 aliphatic heterocycles. The number of rotatable bonds is 7. The van der Waals surface area contributed by atoms with Gasteiger partial charge < -0.3 is 15.4 Å². The zero-order valence-electron chi connectivity index (χ0n) is 13.6. The Bertz CT molecular complexity index is 766. The van der Waals surface area contributed by atoms with Crippen molar-refractivity contribution in [3.63, 3.8) is 0 Å². The largest absolute Gasteiger partial charge is 0.493 e. The third-order valence-electron chi connectivity index (χ3n) is 3.33. The molecule has 0 fully saturated rings. The normalized spacial score (nSPS) is 10.2. The van der Waals surface area contributed by atoms with E-state index in [0.29, 0.717) is 28.0 Å². The first-order valence-corrected chi connectivity index (χ1v) is 8.47. The van der Waals surface area contributed by atoms with Crippen molar-refractivity contribution in [1.82, 2.24) is 10.6 Å². The van der Waals surface area contributed by atoms with Crippen LogP contribution in [-0.2, 0) is 11.3 Å². The van der Waals surface area contributed by atoms with Crippen LogP contribution in [0.2, 0.25) is 10.0 Å². The van der Waals surface area contributed by atoms with E-state index in [0.717, 1.165) is 5.56 Å². The van der Waals surface area contributed by atoms with Crippen LogP contribution in [-0.4, -0.2) is 25.0 Å². The van der Waals surface area contributed by atoms with Crippen LogP contribution < -0.4 is 15.4 Å². The minimum Gasteiger partial charge on any atom is -0.493 e. The Morgan fingerprint density at radius 3 is 2.56 bits per heavy atom. The number of benzene rings is 2. The molecule has 0 aliphatic rings. The Kier molecular flexibility index (Phi) is 7.10. The molecule has 132 valence electrons. The molecule has 0 aromatic heterocycles. The average molecular weight is 381 g/mol. The first-order valence-electron chi connectivity index (χ1n) is 7.72. The predicted molar refractivity (Wildman–Crippen MR) is 98.3 cm³/mol. The van der Waals surface area contributed by atoms with Gasteiger partial charge in [-0.3, -0.25) is 9.59 Å². The summed E-state index contributed by atoms with van der Waals surface area (Å²) in [6, 6.07) is 11.9. The number of hydrogen-bond donors (Lipinski definition) is 2. The molecule has 0 bridgehead atoms. The fraction of sp³-hybridized carbons (Fsp3) is 0.222. The molecule has 0 saturated heterocycles. The van der Waals surface area contributed by atoms with Crippen molar-refractivity contribution in [3.8, 4) is 5.75 Å². The minimum atomic E-state index is -0.372. The zero-order valence-corrected chi connectivity index (χ0v) is 15.2. The number of ether oxygens (including phenoxy) is 1. The maximum Gasteiger partial charge on any atom is 0.255 e. The number of carbonyl (C=O) groups is 2. The van der Waals surface area contributed by atoms with E-state index in [4.69, 9.17) is 27.9 Å². The monoisotopic (exact) mass is 380 g/mol. The van der Waals surface area contributed by atoms with Gasteiger partial charge in [-0.2, -0.15) is 0 Å². The standard InChI is InChI=1S/C18H18Cl2N2O3/c1-2-25-16-6-4-3-5-14(16)18(24)22-11-17(23)21-10-12-7-8-13(19)9-15(12)20/h3-9H,2,10-11H2,1H3,(H,21,23)(H,22,24). The van der Waals surface area contributed by atoms with Crippen LogP contribution in [0, 0.1) is 0 Å². The SMILES string of the molecule is CCOc1ccccc1C(=O)NCC(=O)NCc1ccc(Cl)cc1Cl. The van der Waals surface area contributed by atoms with Gasteiger partial charge in [-0.05, 0) is 36.8 Å². The highest BCUT2D eigenvalue weighted by atomic mass is 35.5. The summed E-state index contributed by atoms with van der Waals surface area (Å²) in [6.45, 7) is 2.39. The Balaban J connectivity index is 1.86. The van der Waals surface area contributed by atoms with Crippen molar-refractivity contribution in [2.45, 2.75) is 13.5 Å². The Hall–Kier alpha value is -2.24. The molecule has 2 rings (SSSR count). The molecule has 25 heavy (non-hydrogen) atoms. The van der Waals surface area contributed by atoms with Gasteiger partial charge in [0, 0.05) is 16.6 Å². The minimum absolute atomic E-state index is 0.148. The van der Waals surface area contributed by atoms with E-state index in [9.17, 15) is 9.59 Å². The topological polar surface area (TPSA) is 67.4 Å². The van der Waals surface area contributed by atoms with Gasteiger partial charge in [0.05, 0.1) is 18.7 Å². The first-order chi connectivity index (χ1) is 12.0. The highest BCUT2D eigenvalue weighted by Gasteiger charge is 2.13. The van der Waals surface area contributed by atoms with Crippen LogP contribution in [0.15, 0.2) is 42.5 Å². The Labute approximate surface area is 156 Å². The number of amides is 2. The highest BCUT2D eigenvalue weighted by molar-refractivity contribution is 6.35. The third kappa shape index (κ3) is 5.66. The van der Waals surface area contributed by atoms with Crippen molar-refractivity contribution in [3.05, 3.63) is 63.6 Å². The maximum atomic E-state index is 12.2. The third-order valence-corrected chi connectivity index (χ3v) is 3.92. The predicted octanol–water partition coefficient (Wildman–Crippen LogP) is 3.44. The molecule has 0 heterocycles. The van der Waals surface area contributed by atoms with E-state index in [2.05, 4.69) is 10.6 Å². The molecule has 7 heteroatoms. The van der Waals surface area contributed by atoms with Gasteiger partial charge in [0.2, 0.25) is 5.91 Å². The van der Waals surface area contributed by atoms with Gasteiger partial charge in [-0.1, -0.05) is 41.4 Å². The van der Waals surface area contributed by atoms with Gasteiger partial charge in [0.1, 0.15) is 5.75 Å². The van der Waals surface area contributed by atoms with E-state index in [1.54, 1.807) is 42.5 Å². The smallest absolute Gasteiger partial charge is 0.255 e. The molecular weight excluding hydrogens is 363 g/mol. The summed E-state index contributed by atoms with van der Waals surface area (Å²) >= 11 is 11.9. The van der Waals surface area contributed by atoms with Crippen molar-refractivity contribution in [2.75, 3.05) is 13.2 Å². The van der Waals surface area contributed by atoms with Gasteiger partial charge in [-0.25, -0.2) is 0 Å². The molecule has 0 atom stereocenters. The summed E-state index contributed by atoms with van der Waals surface area (Å²) in [5.74, 6) is -0.215. The van der Waals surface area contributed by atoms with E-state index < -0.39 is 0 Å². The van der Waals surface area contributed by atoms with Crippen molar-refractivity contribution >= 4 is 35.0 Å². The lowest BCUT2D eigenvalue weighted by atomic mass is 10.2. The molecular formula is C18H18Cl2N2O3. The van der Waals surface area contributed by atoms with Crippen LogP contribution in [0.4, 0.5) is 0 Å². The van der Waals surface area contributed by atoms with Crippen molar-refractivity contribution < 1.29 is 14.3 Å². The second kappa shape index (κ2) is 9.30. The molecule has 5 nitrogen and oxygen atoms in total. The van der Waals surface area contributed by atoms with Crippen molar-refractivity contribution in [2.24, 2.45) is 0 Å². The summed E-state index contributed by atoms with van der Waals surface area (Å²) in [6.07, 6.45) is 0. The molecule has 2 amide bonds. The molecule has 0 aliphatic carbocycles. The maximum absolute atomic E-state index is 12.2. The summed E-state index contributed by atoms with van der Waals surface area (Å²) in [4.78, 5) is 24.1. The van der Waals surface area contributed by atoms with Crippen LogP contribution in [0.3, 0.4) is 0 Å². The van der Waals surface area contributed by atoms with Crippen LogP contribution in [0.25, 0.3) is 0 Å². The van der Waals surface area contributed by atoms with Crippen LogP contribution in [0.5, 0.6) is 5.75 Å². The van der Waals surface area contributed by atoms with Crippen LogP contribution in [0.1, 0.15) is 22.8 Å². The van der Waals surface area contributed by atoms with E-state index in [-0.39, 0.29) is 24.9 Å². The van der Waals surface area contributed by atoms with Gasteiger partial charge in [0.15, 0.2) is 0 Å². The first kappa shape index (κ1) is 19.1. The second-order valence-corrected chi connectivity index (χ2v) is 5.97. The van der Waals surface area contributed by atoms with Gasteiger partial charge in [-0.15, -0.1) is 0 Å². The molecule has 0 unspecified atom stereocenters. The number of carbonyl (C=O) groups excluding carboxylic acids is 2. The van der Waals surface area contributed by atoms with E-state index >= 15 is 0 Å².